The molecule has 0 saturated carbocycles. The van der Waals surface area contributed by atoms with E-state index in [4.69, 9.17) is 0 Å². The maximum Gasteiger partial charge on any atom is 0.269 e. The maximum atomic E-state index is 12.9. The van der Waals surface area contributed by atoms with Crippen LogP contribution in [0.4, 0.5) is 4.39 Å². The van der Waals surface area contributed by atoms with E-state index in [-0.39, 0.29) is 5.56 Å². The molecule has 27 heavy (non-hydrogen) atoms. The Bertz CT molecular complexity index is 925. The molecule has 4 nitrogen and oxygen atoms in total. The second-order valence-corrected chi connectivity index (χ2v) is 6.06. The van der Waals surface area contributed by atoms with Crippen LogP contribution in [0, 0.1) is 5.82 Å². The highest BCUT2D eigenvalue weighted by molar-refractivity contribution is 5.99. The van der Waals surface area contributed by atoms with E-state index in [2.05, 4.69) is 10.9 Å². The normalized spacial score (nSPS) is 10.3. The highest BCUT2D eigenvalue weighted by Crippen LogP contribution is 2.13. The molecular weight excluding hydrogens is 343 g/mol. The van der Waals surface area contributed by atoms with E-state index in [1.807, 2.05) is 42.5 Å². The summed E-state index contributed by atoms with van der Waals surface area (Å²) in [6.45, 7) is 0. The fourth-order valence-electron chi connectivity index (χ4n) is 2.74. The van der Waals surface area contributed by atoms with Gasteiger partial charge in [-0.15, -0.1) is 0 Å². The Kier molecular flexibility index (Phi) is 5.94. The quantitative estimate of drug-likeness (QED) is 0.680. The Labute approximate surface area is 157 Å². The second-order valence-electron chi connectivity index (χ2n) is 6.06. The van der Waals surface area contributed by atoms with Gasteiger partial charge in [0.1, 0.15) is 5.82 Å². The summed E-state index contributed by atoms with van der Waals surface area (Å²) in [7, 11) is 0. The third kappa shape index (κ3) is 5.01. The van der Waals surface area contributed by atoms with Crippen molar-refractivity contribution in [3.05, 3.63) is 107 Å². The first-order valence-electron chi connectivity index (χ1n) is 8.61. The van der Waals surface area contributed by atoms with E-state index >= 15 is 0 Å². The maximum absolute atomic E-state index is 12.9. The zero-order valence-corrected chi connectivity index (χ0v) is 14.6. The minimum Gasteiger partial charge on any atom is -0.267 e. The van der Waals surface area contributed by atoms with Crippen LogP contribution in [0.15, 0.2) is 78.9 Å². The Hall–Kier alpha value is -3.47. The molecule has 0 aromatic heterocycles. The van der Waals surface area contributed by atoms with Crippen molar-refractivity contribution in [2.75, 3.05) is 0 Å². The van der Waals surface area contributed by atoms with Gasteiger partial charge >= 0.3 is 0 Å². The van der Waals surface area contributed by atoms with Crippen molar-refractivity contribution in [2.45, 2.75) is 12.8 Å². The second kappa shape index (κ2) is 8.76. The molecule has 0 atom stereocenters. The van der Waals surface area contributed by atoms with Gasteiger partial charge in [-0.3, -0.25) is 20.4 Å². The van der Waals surface area contributed by atoms with Crippen LogP contribution in [0.1, 0.15) is 31.8 Å². The van der Waals surface area contributed by atoms with Gasteiger partial charge in [-0.05, 0) is 54.3 Å². The highest BCUT2D eigenvalue weighted by Gasteiger charge is 2.12. The van der Waals surface area contributed by atoms with E-state index in [9.17, 15) is 14.0 Å². The first-order valence-corrected chi connectivity index (χ1v) is 8.61. The summed E-state index contributed by atoms with van der Waals surface area (Å²) in [6.07, 6.45) is 1.52. The summed E-state index contributed by atoms with van der Waals surface area (Å²) in [5.74, 6) is -1.33. The molecule has 0 aliphatic heterocycles. The van der Waals surface area contributed by atoms with E-state index in [1.54, 1.807) is 12.1 Å². The highest BCUT2D eigenvalue weighted by atomic mass is 19.1. The zero-order chi connectivity index (χ0) is 19.1. The molecule has 5 heteroatoms. The molecule has 136 valence electrons. The number of aryl methyl sites for hydroxylation is 2. The van der Waals surface area contributed by atoms with E-state index in [1.165, 1.54) is 29.8 Å². The van der Waals surface area contributed by atoms with Gasteiger partial charge in [-0.1, -0.05) is 48.5 Å². The van der Waals surface area contributed by atoms with E-state index in [0.29, 0.717) is 12.0 Å². The largest absolute Gasteiger partial charge is 0.269 e. The fraction of sp³-hybridized carbons (Fsp3) is 0.0909. The van der Waals surface area contributed by atoms with Gasteiger partial charge in [-0.2, -0.15) is 0 Å². The Morgan fingerprint density at radius 2 is 1.33 bits per heavy atom. The van der Waals surface area contributed by atoms with Gasteiger partial charge in [-0.25, -0.2) is 4.39 Å². The molecule has 3 aromatic carbocycles. The zero-order valence-electron chi connectivity index (χ0n) is 14.6. The van der Waals surface area contributed by atoms with Crippen LogP contribution in [0.3, 0.4) is 0 Å². The summed E-state index contributed by atoms with van der Waals surface area (Å²) in [5, 5.41) is 0. The Morgan fingerprint density at radius 3 is 2.07 bits per heavy atom. The summed E-state index contributed by atoms with van der Waals surface area (Å²) in [5.41, 5.74) is 7.63. The lowest BCUT2D eigenvalue weighted by Crippen LogP contribution is -2.42. The van der Waals surface area contributed by atoms with Crippen molar-refractivity contribution in [2.24, 2.45) is 0 Å². The summed E-state index contributed by atoms with van der Waals surface area (Å²) in [6, 6.07) is 22.4. The fourth-order valence-corrected chi connectivity index (χ4v) is 2.74. The molecule has 0 aliphatic rings. The average molecular weight is 362 g/mol. The average Bonchev–Trinajstić information content (AvgIpc) is 2.71. The molecule has 2 amide bonds. The van der Waals surface area contributed by atoms with Crippen LogP contribution in [0.2, 0.25) is 0 Å². The number of benzene rings is 3. The van der Waals surface area contributed by atoms with Crippen molar-refractivity contribution < 1.29 is 14.0 Å². The molecule has 0 saturated heterocycles. The van der Waals surface area contributed by atoms with Crippen LogP contribution in [-0.2, 0) is 12.8 Å². The van der Waals surface area contributed by atoms with E-state index in [0.717, 1.165) is 12.0 Å². The molecule has 0 radical (unpaired) electrons. The molecule has 0 heterocycles. The molecule has 0 aliphatic carbocycles. The molecule has 0 unspecified atom stereocenters. The number of nitrogens with one attached hydrogen (secondary N) is 2. The SMILES string of the molecule is O=C(NNC(=O)c1ccccc1CCc1ccccc1)c1ccc(F)cc1. The topological polar surface area (TPSA) is 58.2 Å². The van der Waals surface area contributed by atoms with Gasteiger partial charge in [0.15, 0.2) is 0 Å². The first-order chi connectivity index (χ1) is 13.1. The number of rotatable bonds is 5. The minimum absolute atomic E-state index is 0.258. The summed E-state index contributed by atoms with van der Waals surface area (Å²) in [4.78, 5) is 24.5. The van der Waals surface area contributed by atoms with Crippen LogP contribution in [0.25, 0.3) is 0 Å². The third-order valence-electron chi connectivity index (χ3n) is 4.18. The molecule has 3 aromatic rings. The molecule has 3 rings (SSSR count). The van der Waals surface area contributed by atoms with Gasteiger partial charge in [0.05, 0.1) is 0 Å². The van der Waals surface area contributed by atoms with Gasteiger partial charge in [0.2, 0.25) is 0 Å². The summed E-state index contributed by atoms with van der Waals surface area (Å²) >= 11 is 0. The van der Waals surface area contributed by atoms with Crippen molar-refractivity contribution in [3.63, 3.8) is 0 Å². The lowest BCUT2D eigenvalue weighted by molar-refractivity contribution is 0.0846. The predicted molar refractivity (Wildman–Crippen MR) is 102 cm³/mol. The number of carbonyl (C=O) groups is 2. The number of amides is 2. The van der Waals surface area contributed by atoms with Gasteiger partial charge < -0.3 is 0 Å². The number of hydrazine groups is 1. The predicted octanol–water partition coefficient (Wildman–Crippen LogP) is 3.69. The van der Waals surface area contributed by atoms with Gasteiger partial charge in [0.25, 0.3) is 11.8 Å². The number of hydrogen-bond acceptors (Lipinski definition) is 2. The monoisotopic (exact) mass is 362 g/mol. The number of hydrogen-bond donors (Lipinski definition) is 2. The van der Waals surface area contributed by atoms with Crippen molar-refractivity contribution in [1.82, 2.24) is 10.9 Å². The number of carbonyl (C=O) groups excluding carboxylic acids is 2. The van der Waals surface area contributed by atoms with Crippen LogP contribution in [-0.4, -0.2) is 11.8 Å². The Balaban J connectivity index is 1.62. The minimum atomic E-state index is -0.509. The third-order valence-corrected chi connectivity index (χ3v) is 4.18. The van der Waals surface area contributed by atoms with Crippen molar-refractivity contribution >= 4 is 11.8 Å². The van der Waals surface area contributed by atoms with Gasteiger partial charge in [0, 0.05) is 11.1 Å². The lowest BCUT2D eigenvalue weighted by Gasteiger charge is -2.11. The standard InChI is InChI=1S/C22H19FN2O2/c23-19-14-12-18(13-15-19)21(26)24-25-22(27)20-9-5-4-8-17(20)11-10-16-6-2-1-3-7-16/h1-9,12-15H,10-11H2,(H,24,26)(H,25,27). The van der Waals surface area contributed by atoms with Crippen molar-refractivity contribution in [3.8, 4) is 0 Å². The van der Waals surface area contributed by atoms with Crippen LogP contribution in [0.5, 0.6) is 0 Å². The van der Waals surface area contributed by atoms with E-state index < -0.39 is 17.6 Å². The molecule has 0 spiro atoms. The smallest absolute Gasteiger partial charge is 0.267 e. The number of halogens is 1. The summed E-state index contributed by atoms with van der Waals surface area (Å²) < 4.78 is 12.9. The first kappa shape index (κ1) is 18.3. The van der Waals surface area contributed by atoms with Crippen LogP contribution >= 0.6 is 0 Å². The lowest BCUT2D eigenvalue weighted by atomic mass is 9.99. The molecule has 2 N–H and O–H groups in total. The molecule has 0 fully saturated rings. The Morgan fingerprint density at radius 1 is 0.704 bits per heavy atom. The van der Waals surface area contributed by atoms with Crippen molar-refractivity contribution in [1.29, 1.82) is 0 Å². The molecular formula is C22H19FN2O2. The van der Waals surface area contributed by atoms with Crippen LogP contribution < -0.4 is 10.9 Å². The molecule has 0 bridgehead atoms.